The average molecular weight is 391 g/mol. The van der Waals surface area contributed by atoms with Gasteiger partial charge in [0.2, 0.25) is 0 Å². The molecular formula is C21H17N3O3S. The Kier molecular flexibility index (Phi) is 4.82. The largest absolute Gasteiger partial charge is 0.497 e. The van der Waals surface area contributed by atoms with Gasteiger partial charge in [-0.3, -0.25) is 4.79 Å². The van der Waals surface area contributed by atoms with E-state index >= 15 is 0 Å². The maximum absolute atomic E-state index is 12.4. The van der Waals surface area contributed by atoms with Crippen LogP contribution < -0.4 is 20.7 Å². The molecule has 4 rings (SSSR count). The lowest BCUT2D eigenvalue weighted by atomic mass is 10.0. The Labute approximate surface area is 165 Å². The van der Waals surface area contributed by atoms with E-state index in [-0.39, 0.29) is 5.91 Å². The summed E-state index contributed by atoms with van der Waals surface area (Å²) >= 11 is 1.57. The molecule has 2 heterocycles. The van der Waals surface area contributed by atoms with Crippen molar-refractivity contribution >= 4 is 52.0 Å². The Balaban J connectivity index is 1.54. The molecule has 1 aliphatic rings. The van der Waals surface area contributed by atoms with E-state index in [2.05, 4.69) is 16.0 Å². The van der Waals surface area contributed by atoms with E-state index in [4.69, 9.17) is 4.74 Å². The number of benzene rings is 2. The summed E-state index contributed by atoms with van der Waals surface area (Å²) in [4.78, 5) is 24.8. The van der Waals surface area contributed by atoms with Gasteiger partial charge in [-0.05, 0) is 58.8 Å². The van der Waals surface area contributed by atoms with Crippen molar-refractivity contribution in [3.63, 3.8) is 0 Å². The number of hydrogen-bond donors (Lipinski definition) is 3. The number of carbonyl (C=O) groups excluding carboxylic acids is 2. The van der Waals surface area contributed by atoms with E-state index in [9.17, 15) is 9.59 Å². The zero-order valence-corrected chi connectivity index (χ0v) is 15.8. The number of fused-ring (bicyclic) bond motifs is 1. The van der Waals surface area contributed by atoms with Gasteiger partial charge in [0, 0.05) is 16.8 Å². The third-order valence-corrected chi connectivity index (χ3v) is 4.99. The fourth-order valence-corrected chi connectivity index (χ4v) is 3.56. The number of carbonyl (C=O) groups is 2. The molecule has 0 fully saturated rings. The van der Waals surface area contributed by atoms with Crippen LogP contribution in [0.1, 0.15) is 11.1 Å². The van der Waals surface area contributed by atoms with Crippen LogP contribution >= 0.6 is 11.3 Å². The van der Waals surface area contributed by atoms with Crippen molar-refractivity contribution < 1.29 is 14.3 Å². The van der Waals surface area contributed by atoms with Crippen LogP contribution in [-0.4, -0.2) is 19.0 Å². The third-order valence-electron chi connectivity index (χ3n) is 4.29. The molecule has 0 spiro atoms. The second-order valence-corrected chi connectivity index (χ2v) is 6.88. The number of para-hydroxylation sites is 1. The highest BCUT2D eigenvalue weighted by Gasteiger charge is 2.26. The molecule has 0 atom stereocenters. The van der Waals surface area contributed by atoms with Crippen molar-refractivity contribution in [3.8, 4) is 5.75 Å². The monoisotopic (exact) mass is 391 g/mol. The van der Waals surface area contributed by atoms with Crippen LogP contribution in [0, 0.1) is 0 Å². The molecule has 0 saturated carbocycles. The van der Waals surface area contributed by atoms with Crippen molar-refractivity contribution in [2.24, 2.45) is 0 Å². The molecule has 0 bridgehead atoms. The molecule has 3 aromatic rings. The summed E-state index contributed by atoms with van der Waals surface area (Å²) in [7, 11) is 1.58. The maximum Gasteiger partial charge on any atom is 0.323 e. The van der Waals surface area contributed by atoms with E-state index in [1.54, 1.807) is 48.8 Å². The molecule has 0 saturated heterocycles. The first-order valence-electron chi connectivity index (χ1n) is 8.55. The lowest BCUT2D eigenvalue weighted by molar-refractivity contribution is -0.110. The van der Waals surface area contributed by atoms with E-state index in [0.29, 0.717) is 28.4 Å². The molecule has 7 heteroatoms. The molecule has 2 aromatic carbocycles. The fraction of sp³-hybridized carbons (Fsp3) is 0.0476. The summed E-state index contributed by atoms with van der Waals surface area (Å²) in [6.07, 6.45) is 1.85. The quantitative estimate of drug-likeness (QED) is 0.554. The number of anilines is 3. The SMILES string of the molecule is COc1ccc(NC(=O)Nc2cccc3c2NC(=O)/C3=C\c2ccsc2)cc1. The first-order valence-corrected chi connectivity index (χ1v) is 9.49. The van der Waals surface area contributed by atoms with Crippen LogP contribution in [0.4, 0.5) is 21.9 Å². The summed E-state index contributed by atoms with van der Waals surface area (Å²) in [5.74, 6) is 0.519. The minimum absolute atomic E-state index is 0.189. The second-order valence-electron chi connectivity index (χ2n) is 6.10. The van der Waals surface area contributed by atoms with Crippen molar-refractivity contribution in [2.45, 2.75) is 0 Å². The molecule has 6 nitrogen and oxygen atoms in total. The van der Waals surface area contributed by atoms with E-state index < -0.39 is 6.03 Å². The molecule has 1 aliphatic heterocycles. The van der Waals surface area contributed by atoms with Gasteiger partial charge < -0.3 is 20.7 Å². The van der Waals surface area contributed by atoms with Gasteiger partial charge in [-0.15, -0.1) is 0 Å². The molecule has 0 unspecified atom stereocenters. The minimum Gasteiger partial charge on any atom is -0.497 e. The van der Waals surface area contributed by atoms with Gasteiger partial charge >= 0.3 is 6.03 Å². The minimum atomic E-state index is -0.400. The topological polar surface area (TPSA) is 79.5 Å². The normalized spacial score (nSPS) is 13.8. The Morgan fingerprint density at radius 3 is 2.64 bits per heavy atom. The van der Waals surface area contributed by atoms with E-state index in [1.807, 2.05) is 35.0 Å². The zero-order chi connectivity index (χ0) is 19.5. The number of thiophene rings is 1. The lowest BCUT2D eigenvalue weighted by Crippen LogP contribution is -2.20. The van der Waals surface area contributed by atoms with Crippen LogP contribution in [-0.2, 0) is 4.79 Å². The standard InChI is InChI=1S/C21H17N3O3S/c1-27-15-7-5-14(6-8-15)22-21(26)23-18-4-2-3-16-17(20(25)24-19(16)18)11-13-9-10-28-12-13/h2-12H,1H3,(H,24,25)(H2,22,23,26)/b17-11-. The molecule has 3 N–H and O–H groups in total. The predicted octanol–water partition coefficient (Wildman–Crippen LogP) is 4.89. The molecule has 140 valence electrons. The van der Waals surface area contributed by atoms with Gasteiger partial charge in [-0.25, -0.2) is 4.79 Å². The van der Waals surface area contributed by atoms with Crippen molar-refractivity contribution in [1.82, 2.24) is 0 Å². The highest BCUT2D eigenvalue weighted by atomic mass is 32.1. The Morgan fingerprint density at radius 1 is 1.11 bits per heavy atom. The third kappa shape index (κ3) is 3.60. The molecular weight excluding hydrogens is 374 g/mol. The number of nitrogens with one attached hydrogen (secondary N) is 3. The lowest BCUT2D eigenvalue weighted by Gasteiger charge is -2.11. The molecule has 0 aliphatic carbocycles. The van der Waals surface area contributed by atoms with Gasteiger partial charge in [0.25, 0.3) is 5.91 Å². The zero-order valence-electron chi connectivity index (χ0n) is 15.0. The number of hydrogen-bond acceptors (Lipinski definition) is 4. The van der Waals surface area contributed by atoms with E-state index in [0.717, 1.165) is 11.1 Å². The summed E-state index contributed by atoms with van der Waals surface area (Å²) in [5.41, 5.74) is 4.07. The highest BCUT2D eigenvalue weighted by Crippen LogP contribution is 2.38. The van der Waals surface area contributed by atoms with Crippen LogP contribution in [0.25, 0.3) is 11.6 Å². The van der Waals surface area contributed by atoms with Crippen LogP contribution in [0.3, 0.4) is 0 Å². The summed E-state index contributed by atoms with van der Waals surface area (Å²) in [6.45, 7) is 0. The Bertz CT molecular complexity index is 1060. The molecule has 3 amide bonds. The first kappa shape index (κ1) is 17.8. The number of methoxy groups -OCH3 is 1. The molecule has 1 aromatic heterocycles. The van der Waals surface area contributed by atoms with Gasteiger partial charge in [0.05, 0.1) is 18.5 Å². The van der Waals surface area contributed by atoms with Gasteiger partial charge in [0.15, 0.2) is 0 Å². The van der Waals surface area contributed by atoms with Crippen LogP contribution in [0.5, 0.6) is 5.75 Å². The van der Waals surface area contributed by atoms with E-state index in [1.165, 1.54) is 0 Å². The summed E-state index contributed by atoms with van der Waals surface area (Å²) < 4.78 is 5.10. The smallest absolute Gasteiger partial charge is 0.323 e. The Morgan fingerprint density at radius 2 is 1.93 bits per heavy atom. The van der Waals surface area contributed by atoms with Crippen molar-refractivity contribution in [1.29, 1.82) is 0 Å². The second kappa shape index (κ2) is 7.58. The number of ether oxygens (including phenoxy) is 1. The molecule has 0 radical (unpaired) electrons. The van der Waals surface area contributed by atoms with Crippen molar-refractivity contribution in [2.75, 3.05) is 23.1 Å². The van der Waals surface area contributed by atoms with Gasteiger partial charge in [0.1, 0.15) is 5.75 Å². The van der Waals surface area contributed by atoms with Crippen molar-refractivity contribution in [3.05, 3.63) is 70.4 Å². The predicted molar refractivity (Wildman–Crippen MR) is 113 cm³/mol. The maximum atomic E-state index is 12.4. The first-order chi connectivity index (χ1) is 13.6. The number of rotatable bonds is 4. The number of amides is 3. The molecule has 28 heavy (non-hydrogen) atoms. The van der Waals surface area contributed by atoms with Crippen LogP contribution in [0.2, 0.25) is 0 Å². The average Bonchev–Trinajstić information content (AvgIpc) is 3.32. The summed E-state index contributed by atoms with van der Waals surface area (Å²) in [6, 6.07) is 14.0. The van der Waals surface area contributed by atoms with Gasteiger partial charge in [-0.2, -0.15) is 11.3 Å². The Hall–Kier alpha value is -3.58. The fourth-order valence-electron chi connectivity index (χ4n) is 2.94. The highest BCUT2D eigenvalue weighted by molar-refractivity contribution is 7.08. The summed E-state index contributed by atoms with van der Waals surface area (Å²) in [5, 5.41) is 12.3. The van der Waals surface area contributed by atoms with Gasteiger partial charge in [-0.1, -0.05) is 12.1 Å². The van der Waals surface area contributed by atoms with Crippen LogP contribution in [0.15, 0.2) is 59.3 Å². The number of urea groups is 1.